The van der Waals surface area contributed by atoms with Crippen LogP contribution >= 0.6 is 0 Å². The molecule has 178 valence electrons. The van der Waals surface area contributed by atoms with Crippen LogP contribution in [0.5, 0.6) is 11.5 Å². The van der Waals surface area contributed by atoms with Crippen molar-refractivity contribution in [2.75, 3.05) is 26.5 Å². The molecule has 3 heterocycles. The number of nitrogens with zero attached hydrogens (tertiary/aromatic N) is 1. The number of fused-ring (bicyclic) bond motifs is 2. The second kappa shape index (κ2) is 7.46. The van der Waals surface area contributed by atoms with Gasteiger partial charge >= 0.3 is 0 Å². The van der Waals surface area contributed by atoms with Gasteiger partial charge in [-0.25, -0.2) is 0 Å². The summed E-state index contributed by atoms with van der Waals surface area (Å²) in [7, 11) is 0. The molecule has 2 aromatic rings. The monoisotopic (exact) mass is 459 g/mol. The van der Waals surface area contributed by atoms with Gasteiger partial charge in [0.15, 0.2) is 11.5 Å². The van der Waals surface area contributed by atoms with Crippen molar-refractivity contribution in [1.29, 1.82) is 0 Å². The lowest BCUT2D eigenvalue weighted by Crippen LogP contribution is -2.69. The summed E-state index contributed by atoms with van der Waals surface area (Å²) < 4.78 is 25.5. The van der Waals surface area contributed by atoms with E-state index in [1.165, 1.54) is 55.5 Å². The molecule has 6 atom stereocenters. The highest BCUT2D eigenvalue weighted by molar-refractivity contribution is 5.61. The molecule has 6 aliphatic rings. The van der Waals surface area contributed by atoms with E-state index in [4.69, 9.17) is 18.9 Å². The zero-order valence-electron chi connectivity index (χ0n) is 19.7. The lowest BCUT2D eigenvalue weighted by atomic mass is 9.49. The molecule has 2 saturated carbocycles. The topological polar surface area (TPSA) is 40.2 Å². The maximum atomic E-state index is 6.97. The SMILES string of the molecule is c1ccc(COc2ccc3c4c2O[C@H]2C5OCOC[C@H]5CC5C(C3)N(CC3CC3)CC[C@@]452)cc1. The highest BCUT2D eigenvalue weighted by atomic mass is 16.7. The Morgan fingerprint density at radius 1 is 1.09 bits per heavy atom. The van der Waals surface area contributed by atoms with Crippen LogP contribution in [0.25, 0.3) is 0 Å². The molecule has 0 radical (unpaired) electrons. The van der Waals surface area contributed by atoms with Crippen LogP contribution in [0.4, 0.5) is 0 Å². The maximum Gasteiger partial charge on any atom is 0.165 e. The highest BCUT2D eigenvalue weighted by Gasteiger charge is 2.68. The van der Waals surface area contributed by atoms with Crippen LogP contribution in [0, 0.1) is 17.8 Å². The first-order valence-electron chi connectivity index (χ1n) is 13.2. The fourth-order valence-electron chi connectivity index (χ4n) is 8.07. The molecule has 0 N–H and O–H groups in total. The number of benzene rings is 2. The summed E-state index contributed by atoms with van der Waals surface area (Å²) in [6.45, 7) is 4.21. The molecule has 3 aliphatic heterocycles. The second-order valence-electron chi connectivity index (χ2n) is 11.5. The van der Waals surface area contributed by atoms with E-state index in [1.54, 1.807) is 0 Å². The molecular weight excluding hydrogens is 426 g/mol. The molecule has 5 nitrogen and oxygen atoms in total. The van der Waals surface area contributed by atoms with Gasteiger partial charge in [-0.2, -0.15) is 0 Å². The Kier molecular flexibility index (Phi) is 4.42. The van der Waals surface area contributed by atoms with Gasteiger partial charge in [-0.05, 0) is 67.7 Å². The van der Waals surface area contributed by atoms with Crippen molar-refractivity contribution in [3.05, 3.63) is 59.2 Å². The third kappa shape index (κ3) is 2.84. The number of hydrogen-bond donors (Lipinski definition) is 0. The van der Waals surface area contributed by atoms with Gasteiger partial charge < -0.3 is 18.9 Å². The lowest BCUT2D eigenvalue weighted by molar-refractivity contribution is -0.235. The summed E-state index contributed by atoms with van der Waals surface area (Å²) in [6.07, 6.45) is 6.50. The Bertz CT molecular complexity index is 1100. The molecule has 2 aromatic carbocycles. The maximum absolute atomic E-state index is 6.97. The summed E-state index contributed by atoms with van der Waals surface area (Å²) in [5.74, 6) is 3.86. The molecule has 4 fully saturated rings. The van der Waals surface area contributed by atoms with Crippen LogP contribution in [0.3, 0.4) is 0 Å². The summed E-state index contributed by atoms with van der Waals surface area (Å²) in [5, 5.41) is 0. The normalized spacial score (nSPS) is 37.5. The van der Waals surface area contributed by atoms with Gasteiger partial charge in [-0.15, -0.1) is 0 Å². The summed E-state index contributed by atoms with van der Waals surface area (Å²) >= 11 is 0. The summed E-state index contributed by atoms with van der Waals surface area (Å²) in [5.41, 5.74) is 4.18. The molecule has 3 unspecified atom stereocenters. The van der Waals surface area contributed by atoms with Crippen LogP contribution in [0.15, 0.2) is 42.5 Å². The first kappa shape index (κ1) is 20.1. The fourth-order valence-corrected chi connectivity index (χ4v) is 8.07. The Hall–Kier alpha value is -2.08. The molecule has 34 heavy (non-hydrogen) atoms. The first-order valence-corrected chi connectivity index (χ1v) is 13.2. The zero-order valence-corrected chi connectivity index (χ0v) is 19.7. The number of ether oxygens (including phenoxy) is 4. The molecule has 5 heteroatoms. The van der Waals surface area contributed by atoms with E-state index in [0.29, 0.717) is 31.3 Å². The number of piperidine rings is 1. The Morgan fingerprint density at radius 3 is 2.88 bits per heavy atom. The Balaban J connectivity index is 1.21. The minimum Gasteiger partial charge on any atom is -0.485 e. The second-order valence-corrected chi connectivity index (χ2v) is 11.5. The largest absolute Gasteiger partial charge is 0.485 e. The quantitative estimate of drug-likeness (QED) is 0.666. The average Bonchev–Trinajstić information content (AvgIpc) is 3.62. The van der Waals surface area contributed by atoms with Crippen LogP contribution in [-0.4, -0.2) is 49.6 Å². The lowest BCUT2D eigenvalue weighted by Gasteiger charge is -2.61. The number of hydrogen-bond acceptors (Lipinski definition) is 5. The van der Waals surface area contributed by atoms with E-state index in [2.05, 4.69) is 41.3 Å². The molecule has 2 saturated heterocycles. The molecule has 0 amide bonds. The van der Waals surface area contributed by atoms with Crippen LogP contribution in [-0.2, 0) is 27.9 Å². The third-order valence-corrected chi connectivity index (χ3v) is 9.68. The van der Waals surface area contributed by atoms with Crippen LogP contribution in [0.1, 0.15) is 42.4 Å². The van der Waals surface area contributed by atoms with Gasteiger partial charge in [0.1, 0.15) is 25.6 Å². The van der Waals surface area contributed by atoms with Gasteiger partial charge in [0.25, 0.3) is 0 Å². The van der Waals surface area contributed by atoms with Crippen molar-refractivity contribution in [1.82, 2.24) is 4.90 Å². The van der Waals surface area contributed by atoms with Crippen molar-refractivity contribution in [2.45, 2.75) is 62.4 Å². The van der Waals surface area contributed by atoms with Crippen LogP contribution < -0.4 is 9.47 Å². The van der Waals surface area contributed by atoms with E-state index in [-0.39, 0.29) is 17.6 Å². The highest BCUT2D eigenvalue weighted by Crippen LogP contribution is 2.65. The molecule has 3 aliphatic carbocycles. The number of rotatable bonds is 5. The predicted molar refractivity (Wildman–Crippen MR) is 127 cm³/mol. The first-order chi connectivity index (χ1) is 16.8. The van der Waals surface area contributed by atoms with E-state index >= 15 is 0 Å². The smallest absolute Gasteiger partial charge is 0.165 e. The zero-order chi connectivity index (χ0) is 22.3. The molecule has 0 aromatic heterocycles. The van der Waals surface area contributed by atoms with Gasteiger partial charge in [-0.1, -0.05) is 36.4 Å². The molecule has 8 rings (SSSR count). The van der Waals surface area contributed by atoms with Crippen molar-refractivity contribution in [3.8, 4) is 11.5 Å². The fraction of sp³-hybridized carbons (Fsp3) is 0.586. The van der Waals surface area contributed by atoms with Crippen molar-refractivity contribution < 1.29 is 18.9 Å². The van der Waals surface area contributed by atoms with Crippen molar-refractivity contribution in [2.24, 2.45) is 17.8 Å². The van der Waals surface area contributed by atoms with E-state index in [9.17, 15) is 0 Å². The third-order valence-electron chi connectivity index (χ3n) is 9.68. The number of likely N-dealkylation sites (tertiary alicyclic amines) is 1. The summed E-state index contributed by atoms with van der Waals surface area (Å²) in [6, 6.07) is 15.5. The van der Waals surface area contributed by atoms with Gasteiger partial charge in [0.05, 0.1) is 6.61 Å². The Morgan fingerprint density at radius 2 is 2.00 bits per heavy atom. The molecular formula is C29H33NO4. The minimum atomic E-state index is 0.0538. The average molecular weight is 460 g/mol. The molecule has 1 spiro atoms. The van der Waals surface area contributed by atoms with E-state index in [0.717, 1.165) is 30.4 Å². The Labute approximate surface area is 201 Å². The van der Waals surface area contributed by atoms with Gasteiger partial charge in [0.2, 0.25) is 0 Å². The van der Waals surface area contributed by atoms with Crippen LogP contribution in [0.2, 0.25) is 0 Å². The van der Waals surface area contributed by atoms with Gasteiger partial charge in [-0.3, -0.25) is 4.90 Å². The van der Waals surface area contributed by atoms with Gasteiger partial charge in [0, 0.05) is 29.5 Å². The minimum absolute atomic E-state index is 0.0538. The predicted octanol–water partition coefficient (Wildman–Crippen LogP) is 4.31. The van der Waals surface area contributed by atoms with E-state index in [1.807, 2.05) is 6.07 Å². The van der Waals surface area contributed by atoms with Crippen molar-refractivity contribution >= 4 is 0 Å². The van der Waals surface area contributed by atoms with Crippen molar-refractivity contribution in [3.63, 3.8) is 0 Å². The molecule has 2 bridgehead atoms. The standard InChI is InChI=1S/C29H33NO4/c1-2-4-19(5-3-1)15-32-24-9-8-20-13-23-22-12-21-16-31-17-33-26(21)28-29(22,25(20)27(24)34-28)10-11-30(23)14-18-6-7-18/h1-5,8-9,18,21-23,26,28H,6-7,10-17H2/t21-,22?,23?,26?,28+,29+/m1/s1. The van der Waals surface area contributed by atoms with E-state index < -0.39 is 0 Å². The summed E-state index contributed by atoms with van der Waals surface area (Å²) in [4.78, 5) is 2.84.